The predicted octanol–water partition coefficient (Wildman–Crippen LogP) is 0.798. The van der Waals surface area contributed by atoms with Crippen LogP contribution >= 0.6 is 0 Å². The van der Waals surface area contributed by atoms with Gasteiger partial charge in [0.2, 0.25) is 5.91 Å². The summed E-state index contributed by atoms with van der Waals surface area (Å²) in [5.41, 5.74) is 0.241. The molecule has 0 spiro atoms. The first kappa shape index (κ1) is 15.2. The topological polar surface area (TPSA) is 117 Å². The first-order valence-electron chi connectivity index (χ1n) is 7.20. The summed E-state index contributed by atoms with van der Waals surface area (Å²) in [5, 5.41) is 13.4. The third-order valence-electron chi connectivity index (χ3n) is 3.72. The molecule has 122 valence electrons. The lowest BCUT2D eigenvalue weighted by Gasteiger charge is -2.10. The van der Waals surface area contributed by atoms with Gasteiger partial charge in [0.1, 0.15) is 6.54 Å². The number of oxazole rings is 1. The van der Waals surface area contributed by atoms with Crippen molar-refractivity contribution in [1.82, 2.24) is 9.88 Å². The van der Waals surface area contributed by atoms with E-state index in [0.29, 0.717) is 18.7 Å². The molecule has 9 heteroatoms. The van der Waals surface area contributed by atoms with Crippen LogP contribution in [0.1, 0.15) is 12.8 Å². The molecule has 2 aromatic rings. The second kappa shape index (κ2) is 6.21. The summed E-state index contributed by atoms with van der Waals surface area (Å²) in [6, 6.07) is 3.82. The molecule has 1 aliphatic heterocycles. The predicted molar refractivity (Wildman–Crippen MR) is 79.1 cm³/mol. The minimum absolute atomic E-state index is 0.0133. The molecule has 23 heavy (non-hydrogen) atoms. The number of aromatic nitrogens is 1. The second-order valence-corrected chi connectivity index (χ2v) is 5.30. The van der Waals surface area contributed by atoms with E-state index in [1.807, 2.05) is 0 Å². The van der Waals surface area contributed by atoms with Gasteiger partial charge in [0.05, 0.1) is 22.6 Å². The molecule has 1 atom stereocenters. The summed E-state index contributed by atoms with van der Waals surface area (Å²) in [6.07, 6.45) is 1.89. The Labute approximate surface area is 130 Å². The fourth-order valence-electron chi connectivity index (χ4n) is 2.55. The molecule has 1 aromatic heterocycles. The van der Waals surface area contributed by atoms with Crippen molar-refractivity contribution in [3.05, 3.63) is 38.9 Å². The Bertz CT molecular complexity index is 802. The van der Waals surface area contributed by atoms with Gasteiger partial charge < -0.3 is 14.5 Å². The number of nitro groups is 1. The Kier molecular flexibility index (Phi) is 4.11. The van der Waals surface area contributed by atoms with E-state index < -0.39 is 10.7 Å². The van der Waals surface area contributed by atoms with Crippen LogP contribution in [0, 0.1) is 10.1 Å². The maximum Gasteiger partial charge on any atom is 0.420 e. The molecule has 2 heterocycles. The van der Waals surface area contributed by atoms with Crippen molar-refractivity contribution >= 4 is 22.7 Å². The summed E-state index contributed by atoms with van der Waals surface area (Å²) in [7, 11) is 0. The molecule has 0 bridgehead atoms. The normalized spacial score (nSPS) is 17.5. The van der Waals surface area contributed by atoms with Crippen LogP contribution in [0.5, 0.6) is 0 Å². The van der Waals surface area contributed by atoms with Crippen molar-refractivity contribution in [1.29, 1.82) is 0 Å². The minimum atomic E-state index is -0.729. The highest BCUT2D eigenvalue weighted by molar-refractivity contribution is 5.80. The van der Waals surface area contributed by atoms with Gasteiger partial charge in [-0.2, -0.15) is 0 Å². The number of hydrogen-bond acceptors (Lipinski definition) is 6. The zero-order valence-electron chi connectivity index (χ0n) is 12.2. The molecule has 1 saturated heterocycles. The van der Waals surface area contributed by atoms with Gasteiger partial charge in [0.15, 0.2) is 5.58 Å². The van der Waals surface area contributed by atoms with Crippen molar-refractivity contribution in [2.24, 2.45) is 0 Å². The molecule has 3 rings (SSSR count). The molecule has 1 N–H and O–H groups in total. The van der Waals surface area contributed by atoms with E-state index >= 15 is 0 Å². The van der Waals surface area contributed by atoms with Crippen molar-refractivity contribution in [2.45, 2.75) is 25.5 Å². The Hall–Kier alpha value is -2.68. The van der Waals surface area contributed by atoms with Crippen molar-refractivity contribution in [3.63, 3.8) is 0 Å². The number of carbonyl (C=O) groups is 1. The summed E-state index contributed by atoms with van der Waals surface area (Å²) in [4.78, 5) is 33.9. The van der Waals surface area contributed by atoms with Crippen LogP contribution in [-0.2, 0) is 16.1 Å². The summed E-state index contributed by atoms with van der Waals surface area (Å²) in [5.74, 6) is -1.07. The molecular formula is C14H15N3O6. The third kappa shape index (κ3) is 3.24. The van der Waals surface area contributed by atoms with Gasteiger partial charge in [-0.15, -0.1) is 0 Å². The van der Waals surface area contributed by atoms with Gasteiger partial charge in [0, 0.05) is 19.2 Å². The molecule has 0 aliphatic carbocycles. The monoisotopic (exact) mass is 321 g/mol. The van der Waals surface area contributed by atoms with Crippen LogP contribution in [0.3, 0.4) is 0 Å². The molecule has 1 aliphatic rings. The standard InChI is InChI=1S/C14H15N3O6/c18-13(15-7-10-2-1-5-22-10)8-16-11-4-3-9(17(20)21)6-12(11)23-14(16)19/h3-4,6,10H,1-2,5,7-8H2,(H,15,18). The average Bonchev–Trinajstić information content (AvgIpc) is 3.13. The van der Waals surface area contributed by atoms with Gasteiger partial charge in [-0.3, -0.25) is 19.5 Å². The van der Waals surface area contributed by atoms with Gasteiger partial charge in [-0.1, -0.05) is 0 Å². The van der Waals surface area contributed by atoms with E-state index in [1.165, 1.54) is 12.1 Å². The second-order valence-electron chi connectivity index (χ2n) is 5.30. The van der Waals surface area contributed by atoms with Crippen LogP contribution in [0.15, 0.2) is 27.4 Å². The van der Waals surface area contributed by atoms with Gasteiger partial charge in [0.25, 0.3) is 5.69 Å². The maximum absolute atomic E-state index is 12.0. The number of rotatable bonds is 5. The molecular weight excluding hydrogens is 306 g/mol. The van der Waals surface area contributed by atoms with Crippen molar-refractivity contribution in [2.75, 3.05) is 13.2 Å². The van der Waals surface area contributed by atoms with Crippen LogP contribution < -0.4 is 11.1 Å². The number of amides is 1. The van der Waals surface area contributed by atoms with Crippen molar-refractivity contribution in [3.8, 4) is 0 Å². The first-order valence-corrected chi connectivity index (χ1v) is 7.20. The van der Waals surface area contributed by atoms with E-state index in [-0.39, 0.29) is 29.8 Å². The number of nitrogens with one attached hydrogen (secondary N) is 1. The number of non-ortho nitro benzene ring substituents is 1. The summed E-state index contributed by atoms with van der Waals surface area (Å²) < 4.78 is 11.5. The highest BCUT2D eigenvalue weighted by Gasteiger charge is 2.18. The Morgan fingerprint density at radius 1 is 1.48 bits per heavy atom. The summed E-state index contributed by atoms with van der Waals surface area (Å²) >= 11 is 0. The minimum Gasteiger partial charge on any atom is -0.407 e. The Morgan fingerprint density at radius 3 is 3.00 bits per heavy atom. The van der Waals surface area contributed by atoms with Crippen LogP contribution in [0.25, 0.3) is 11.1 Å². The van der Waals surface area contributed by atoms with E-state index in [0.717, 1.165) is 23.5 Å². The lowest BCUT2D eigenvalue weighted by Crippen LogP contribution is -2.35. The molecule has 1 amide bonds. The fourth-order valence-corrected chi connectivity index (χ4v) is 2.55. The average molecular weight is 321 g/mol. The SMILES string of the molecule is O=C(Cn1c(=O)oc2cc([N+](=O)[O-])ccc21)NCC1CCCO1. The lowest BCUT2D eigenvalue weighted by molar-refractivity contribution is -0.384. The zero-order valence-corrected chi connectivity index (χ0v) is 12.2. The van der Waals surface area contributed by atoms with Gasteiger partial charge >= 0.3 is 5.76 Å². The smallest absolute Gasteiger partial charge is 0.407 e. The van der Waals surface area contributed by atoms with E-state index in [4.69, 9.17) is 9.15 Å². The number of hydrogen-bond donors (Lipinski definition) is 1. The van der Waals surface area contributed by atoms with Gasteiger partial charge in [-0.05, 0) is 18.9 Å². The van der Waals surface area contributed by atoms with E-state index in [1.54, 1.807) is 0 Å². The molecule has 1 aromatic carbocycles. The van der Waals surface area contributed by atoms with Crippen LogP contribution in [-0.4, -0.2) is 34.7 Å². The largest absolute Gasteiger partial charge is 0.420 e. The summed E-state index contributed by atoms with van der Waals surface area (Å²) in [6.45, 7) is 0.885. The number of fused-ring (bicyclic) bond motifs is 1. The highest BCUT2D eigenvalue weighted by atomic mass is 16.6. The molecule has 0 radical (unpaired) electrons. The Morgan fingerprint density at radius 2 is 2.30 bits per heavy atom. The van der Waals surface area contributed by atoms with E-state index in [2.05, 4.69) is 5.32 Å². The molecule has 9 nitrogen and oxygen atoms in total. The fraction of sp³-hybridized carbons (Fsp3) is 0.429. The molecule has 1 fully saturated rings. The van der Waals surface area contributed by atoms with Gasteiger partial charge in [-0.25, -0.2) is 4.79 Å². The number of carbonyl (C=O) groups excluding carboxylic acids is 1. The third-order valence-corrected chi connectivity index (χ3v) is 3.72. The number of nitro benzene ring substituents is 1. The number of benzene rings is 1. The van der Waals surface area contributed by atoms with Crippen molar-refractivity contribution < 1.29 is 18.9 Å². The lowest BCUT2D eigenvalue weighted by atomic mass is 10.2. The number of nitrogens with zero attached hydrogens (tertiary/aromatic N) is 2. The van der Waals surface area contributed by atoms with E-state index in [9.17, 15) is 19.7 Å². The zero-order chi connectivity index (χ0) is 16.4. The number of ether oxygens (including phenoxy) is 1. The molecule has 0 saturated carbocycles. The maximum atomic E-state index is 12.0. The Balaban J connectivity index is 1.74. The van der Waals surface area contributed by atoms with Crippen LogP contribution in [0.4, 0.5) is 5.69 Å². The van der Waals surface area contributed by atoms with Crippen LogP contribution in [0.2, 0.25) is 0 Å². The quantitative estimate of drug-likeness (QED) is 0.643. The molecule has 1 unspecified atom stereocenters. The highest BCUT2D eigenvalue weighted by Crippen LogP contribution is 2.20. The first-order chi connectivity index (χ1) is 11.0.